The highest BCUT2D eigenvalue weighted by atomic mass is 16.4. The predicted molar refractivity (Wildman–Crippen MR) is 64.2 cm³/mol. The number of carboxylic acid groups (broad SMARTS) is 1. The lowest BCUT2D eigenvalue weighted by Crippen LogP contribution is -2.32. The van der Waals surface area contributed by atoms with Gasteiger partial charge in [0.2, 0.25) is 0 Å². The van der Waals surface area contributed by atoms with Gasteiger partial charge in [0.1, 0.15) is 0 Å². The lowest BCUT2D eigenvalue weighted by atomic mass is 10.3. The molecular weight excluding hydrogens is 204 g/mol. The molecule has 0 atom stereocenters. The Morgan fingerprint density at radius 1 is 1.31 bits per heavy atom. The fraction of sp³-hybridized carbons (Fsp3) is 0.417. The van der Waals surface area contributed by atoms with E-state index in [0.717, 1.165) is 10.7 Å². The molecule has 4 heteroatoms. The zero-order valence-electron chi connectivity index (χ0n) is 10.2. The molecule has 0 aliphatic heterocycles. The van der Waals surface area contributed by atoms with Gasteiger partial charge in [-0.1, -0.05) is 26.0 Å². The number of aliphatic carboxylic acids is 1. The first-order chi connectivity index (χ1) is 7.67. The Bertz CT molecular complexity index is 453. The van der Waals surface area contributed by atoms with E-state index in [2.05, 4.69) is 9.97 Å². The minimum Gasteiger partial charge on any atom is -0.481 e. The number of carbonyl (C=O) groups is 1. The summed E-state index contributed by atoms with van der Waals surface area (Å²) in [6.45, 7) is 7.72. The maximum atomic E-state index is 10.4. The van der Waals surface area contributed by atoms with Crippen LogP contribution < -0.4 is 10.7 Å². The van der Waals surface area contributed by atoms with Crippen LogP contribution in [0.1, 0.15) is 33.4 Å². The Labute approximate surface area is 95.4 Å². The third kappa shape index (κ3) is 4.21. The standard InChI is InChI=1S/C10H12N2O2.C2H6/c1-3-8-9(4-2)12-7(6-11-8)5-10(13)14;1-2/h3-4,6H,5H2,1-2H3,(H,13,14);1-2H3/b8-3+,9-4+;. The molecule has 4 nitrogen and oxygen atoms in total. The summed E-state index contributed by atoms with van der Waals surface area (Å²) in [5, 5.41) is 10.1. The highest BCUT2D eigenvalue weighted by Gasteiger charge is 2.01. The molecule has 0 spiro atoms. The van der Waals surface area contributed by atoms with E-state index >= 15 is 0 Å². The molecule has 1 N–H and O–H groups in total. The van der Waals surface area contributed by atoms with E-state index in [4.69, 9.17) is 5.11 Å². The summed E-state index contributed by atoms with van der Waals surface area (Å²) in [5.74, 6) is -0.894. The van der Waals surface area contributed by atoms with Gasteiger partial charge in [-0.2, -0.15) is 0 Å². The second kappa shape index (κ2) is 7.56. The van der Waals surface area contributed by atoms with E-state index in [1.165, 1.54) is 6.20 Å². The first-order valence-corrected chi connectivity index (χ1v) is 5.33. The van der Waals surface area contributed by atoms with Crippen LogP contribution in [0.2, 0.25) is 0 Å². The van der Waals surface area contributed by atoms with Gasteiger partial charge >= 0.3 is 5.97 Å². The second-order valence-corrected chi connectivity index (χ2v) is 2.78. The fourth-order valence-electron chi connectivity index (χ4n) is 1.13. The van der Waals surface area contributed by atoms with Gasteiger partial charge in [-0.3, -0.25) is 9.78 Å². The minimum absolute atomic E-state index is 0.0855. The normalized spacial score (nSPS) is 12.0. The summed E-state index contributed by atoms with van der Waals surface area (Å²) in [5.41, 5.74) is 0.483. The molecule has 1 aromatic rings. The van der Waals surface area contributed by atoms with Crippen molar-refractivity contribution in [1.29, 1.82) is 0 Å². The molecule has 0 saturated heterocycles. The molecule has 0 aromatic carbocycles. The summed E-state index contributed by atoms with van der Waals surface area (Å²) in [6.07, 6.45) is 5.06. The van der Waals surface area contributed by atoms with Crippen LogP contribution in [0.25, 0.3) is 12.2 Å². The van der Waals surface area contributed by atoms with Gasteiger partial charge in [-0.15, -0.1) is 0 Å². The SMILES string of the molecule is C/C=c1/ncc(CC(=O)O)n/c1=C/C.CC. The van der Waals surface area contributed by atoms with Crippen LogP contribution in [-0.4, -0.2) is 21.0 Å². The highest BCUT2D eigenvalue weighted by molar-refractivity contribution is 5.69. The largest absolute Gasteiger partial charge is 0.481 e. The molecule has 1 rings (SSSR count). The van der Waals surface area contributed by atoms with Crippen molar-refractivity contribution in [2.75, 3.05) is 0 Å². The lowest BCUT2D eigenvalue weighted by molar-refractivity contribution is -0.136. The summed E-state index contributed by atoms with van der Waals surface area (Å²) in [4.78, 5) is 18.7. The third-order valence-electron chi connectivity index (χ3n) is 1.76. The van der Waals surface area contributed by atoms with Gasteiger partial charge in [0.25, 0.3) is 0 Å². The molecule has 0 bridgehead atoms. The van der Waals surface area contributed by atoms with Gasteiger partial charge in [-0.25, -0.2) is 4.98 Å². The number of nitrogens with zero attached hydrogens (tertiary/aromatic N) is 2. The van der Waals surface area contributed by atoms with Crippen molar-refractivity contribution in [1.82, 2.24) is 9.97 Å². The molecule has 0 unspecified atom stereocenters. The maximum absolute atomic E-state index is 10.4. The monoisotopic (exact) mass is 222 g/mol. The molecule has 0 fully saturated rings. The minimum atomic E-state index is -0.894. The van der Waals surface area contributed by atoms with Crippen molar-refractivity contribution in [2.45, 2.75) is 34.1 Å². The van der Waals surface area contributed by atoms with E-state index in [1.54, 1.807) is 0 Å². The molecule has 0 radical (unpaired) electrons. The number of aromatic nitrogens is 2. The Kier molecular flexibility index (Phi) is 6.76. The summed E-state index contributed by atoms with van der Waals surface area (Å²) >= 11 is 0. The second-order valence-electron chi connectivity index (χ2n) is 2.78. The average molecular weight is 222 g/mol. The zero-order chi connectivity index (χ0) is 12.6. The van der Waals surface area contributed by atoms with Gasteiger partial charge in [0, 0.05) is 6.20 Å². The van der Waals surface area contributed by atoms with Crippen molar-refractivity contribution in [3.8, 4) is 0 Å². The average Bonchev–Trinajstić information content (AvgIpc) is 2.30. The van der Waals surface area contributed by atoms with Gasteiger partial charge in [0.15, 0.2) is 0 Å². The van der Waals surface area contributed by atoms with E-state index in [-0.39, 0.29) is 6.42 Å². The molecule has 1 aromatic heterocycles. The van der Waals surface area contributed by atoms with Gasteiger partial charge in [0.05, 0.1) is 22.8 Å². The van der Waals surface area contributed by atoms with Crippen LogP contribution in [-0.2, 0) is 11.2 Å². The molecule has 0 aliphatic carbocycles. The number of rotatable bonds is 2. The first kappa shape index (κ1) is 14.3. The molecule has 0 saturated carbocycles. The molecule has 0 amide bonds. The van der Waals surface area contributed by atoms with Crippen LogP contribution in [0, 0.1) is 0 Å². The number of carboxylic acids is 1. The Morgan fingerprint density at radius 2 is 1.88 bits per heavy atom. The van der Waals surface area contributed by atoms with Crippen LogP contribution in [0.4, 0.5) is 0 Å². The topological polar surface area (TPSA) is 63.1 Å². The molecule has 1 heterocycles. The Balaban J connectivity index is 0.00000106. The fourth-order valence-corrected chi connectivity index (χ4v) is 1.13. The summed E-state index contributed by atoms with van der Waals surface area (Å²) < 4.78 is 0. The van der Waals surface area contributed by atoms with Crippen molar-refractivity contribution >= 4 is 18.1 Å². The Morgan fingerprint density at radius 3 is 2.31 bits per heavy atom. The van der Waals surface area contributed by atoms with Crippen molar-refractivity contribution in [3.63, 3.8) is 0 Å². The lowest BCUT2D eigenvalue weighted by Gasteiger charge is -1.95. The number of hydrogen-bond donors (Lipinski definition) is 1. The molecule has 0 aliphatic rings. The van der Waals surface area contributed by atoms with E-state index in [0.29, 0.717) is 5.69 Å². The predicted octanol–water partition coefficient (Wildman–Crippen LogP) is 0.731. The van der Waals surface area contributed by atoms with E-state index in [9.17, 15) is 4.79 Å². The zero-order valence-corrected chi connectivity index (χ0v) is 10.2. The number of hydrogen-bond acceptors (Lipinski definition) is 3. The van der Waals surface area contributed by atoms with Crippen LogP contribution >= 0.6 is 0 Å². The van der Waals surface area contributed by atoms with E-state index in [1.807, 2.05) is 39.8 Å². The maximum Gasteiger partial charge on any atom is 0.309 e. The highest BCUT2D eigenvalue weighted by Crippen LogP contribution is 1.87. The van der Waals surface area contributed by atoms with Crippen molar-refractivity contribution in [2.24, 2.45) is 0 Å². The van der Waals surface area contributed by atoms with Crippen molar-refractivity contribution < 1.29 is 9.90 Å². The van der Waals surface area contributed by atoms with Gasteiger partial charge in [-0.05, 0) is 13.8 Å². The smallest absolute Gasteiger partial charge is 0.309 e. The molecule has 88 valence electrons. The summed E-state index contributed by atoms with van der Waals surface area (Å²) in [6, 6.07) is 0. The first-order valence-electron chi connectivity index (χ1n) is 5.33. The molecule has 16 heavy (non-hydrogen) atoms. The van der Waals surface area contributed by atoms with Crippen LogP contribution in [0.15, 0.2) is 6.20 Å². The van der Waals surface area contributed by atoms with E-state index < -0.39 is 5.97 Å². The Hall–Kier alpha value is -1.71. The molecular formula is C12H18N2O2. The van der Waals surface area contributed by atoms with Gasteiger partial charge < -0.3 is 5.11 Å². The quantitative estimate of drug-likeness (QED) is 0.801. The van der Waals surface area contributed by atoms with Crippen molar-refractivity contribution in [3.05, 3.63) is 22.6 Å². The summed E-state index contributed by atoms with van der Waals surface area (Å²) in [7, 11) is 0. The van der Waals surface area contributed by atoms with Crippen LogP contribution in [0.5, 0.6) is 0 Å². The van der Waals surface area contributed by atoms with Crippen LogP contribution in [0.3, 0.4) is 0 Å². The third-order valence-corrected chi connectivity index (χ3v) is 1.76.